The Morgan fingerprint density at radius 3 is 2.94 bits per heavy atom. The standard InChI is InChI=1S/C10H8ClN3O2/c11-7-4-14-9(13-7)8(5-1-2-5)6(3-12-14)10(15)16/h3-5H,1-2H2,(H,15,16). The van der Waals surface area contributed by atoms with Gasteiger partial charge in [0.05, 0.1) is 18.0 Å². The highest BCUT2D eigenvalue weighted by atomic mass is 35.5. The van der Waals surface area contributed by atoms with Gasteiger partial charge >= 0.3 is 5.97 Å². The van der Waals surface area contributed by atoms with Crippen molar-refractivity contribution in [3.05, 3.63) is 28.7 Å². The maximum atomic E-state index is 11.1. The number of carbonyl (C=O) groups is 1. The van der Waals surface area contributed by atoms with Crippen molar-refractivity contribution in [1.29, 1.82) is 0 Å². The minimum atomic E-state index is -0.962. The van der Waals surface area contributed by atoms with Crippen molar-refractivity contribution in [2.45, 2.75) is 18.8 Å². The molecule has 6 heteroatoms. The normalized spacial score (nSPS) is 15.6. The molecule has 0 atom stereocenters. The molecule has 1 aliphatic rings. The summed E-state index contributed by atoms with van der Waals surface area (Å²) in [6, 6.07) is 0. The molecule has 3 rings (SSSR count). The number of aromatic carboxylic acids is 1. The summed E-state index contributed by atoms with van der Waals surface area (Å²) in [6.07, 6.45) is 4.95. The van der Waals surface area contributed by atoms with Crippen LogP contribution in [-0.4, -0.2) is 25.7 Å². The molecular weight excluding hydrogens is 230 g/mol. The molecule has 0 bridgehead atoms. The van der Waals surface area contributed by atoms with Crippen LogP contribution in [0.3, 0.4) is 0 Å². The second-order valence-electron chi connectivity index (χ2n) is 3.88. The smallest absolute Gasteiger partial charge is 0.337 e. The van der Waals surface area contributed by atoms with E-state index in [0.717, 1.165) is 18.4 Å². The van der Waals surface area contributed by atoms with Crippen LogP contribution in [0.5, 0.6) is 0 Å². The molecule has 1 saturated carbocycles. The minimum absolute atomic E-state index is 0.234. The molecule has 0 saturated heterocycles. The van der Waals surface area contributed by atoms with Crippen molar-refractivity contribution in [1.82, 2.24) is 14.6 Å². The predicted molar refractivity (Wildman–Crippen MR) is 56.9 cm³/mol. The number of nitrogens with zero attached hydrogens (tertiary/aromatic N) is 3. The zero-order valence-electron chi connectivity index (χ0n) is 8.22. The fourth-order valence-electron chi connectivity index (χ4n) is 1.87. The molecule has 0 radical (unpaired) electrons. The number of imidazole rings is 1. The van der Waals surface area contributed by atoms with Crippen LogP contribution in [0, 0.1) is 0 Å². The van der Waals surface area contributed by atoms with E-state index >= 15 is 0 Å². The molecule has 1 fully saturated rings. The lowest BCUT2D eigenvalue weighted by molar-refractivity contribution is 0.0695. The Hall–Kier alpha value is -1.62. The fourth-order valence-corrected chi connectivity index (χ4v) is 2.04. The second kappa shape index (κ2) is 3.18. The summed E-state index contributed by atoms with van der Waals surface area (Å²) in [5, 5.41) is 13.4. The van der Waals surface area contributed by atoms with Crippen LogP contribution in [0.25, 0.3) is 5.65 Å². The molecule has 16 heavy (non-hydrogen) atoms. The van der Waals surface area contributed by atoms with Crippen molar-refractivity contribution in [3.8, 4) is 0 Å². The molecule has 1 N–H and O–H groups in total. The van der Waals surface area contributed by atoms with Crippen molar-refractivity contribution in [2.24, 2.45) is 0 Å². The molecule has 0 unspecified atom stereocenters. The van der Waals surface area contributed by atoms with E-state index in [-0.39, 0.29) is 11.5 Å². The van der Waals surface area contributed by atoms with Crippen LogP contribution in [0.2, 0.25) is 5.15 Å². The number of fused-ring (bicyclic) bond motifs is 1. The Balaban J connectivity index is 2.34. The van der Waals surface area contributed by atoms with Crippen molar-refractivity contribution in [3.63, 3.8) is 0 Å². The number of hydrogen-bond acceptors (Lipinski definition) is 3. The summed E-state index contributed by atoms with van der Waals surface area (Å²) < 4.78 is 1.53. The number of rotatable bonds is 2. The van der Waals surface area contributed by atoms with E-state index in [0.29, 0.717) is 10.8 Å². The SMILES string of the molecule is O=C(O)c1cnn2cc(Cl)nc2c1C1CC1. The molecule has 0 aliphatic heterocycles. The Labute approximate surface area is 95.7 Å². The monoisotopic (exact) mass is 237 g/mol. The van der Waals surface area contributed by atoms with Gasteiger partial charge in [-0.15, -0.1) is 0 Å². The molecule has 2 aromatic rings. The van der Waals surface area contributed by atoms with Crippen LogP contribution in [0.4, 0.5) is 0 Å². The lowest BCUT2D eigenvalue weighted by atomic mass is 10.1. The summed E-state index contributed by atoms with van der Waals surface area (Å²) in [6.45, 7) is 0. The highest BCUT2D eigenvalue weighted by Crippen LogP contribution is 2.43. The van der Waals surface area contributed by atoms with E-state index in [2.05, 4.69) is 10.1 Å². The quantitative estimate of drug-likeness (QED) is 0.867. The number of hydrogen-bond donors (Lipinski definition) is 1. The summed E-state index contributed by atoms with van der Waals surface area (Å²) in [5.41, 5.74) is 1.55. The van der Waals surface area contributed by atoms with Gasteiger partial charge in [0.25, 0.3) is 0 Å². The molecule has 1 aliphatic carbocycles. The predicted octanol–water partition coefficient (Wildman–Crippen LogP) is 1.96. The number of carboxylic acids is 1. The van der Waals surface area contributed by atoms with Crippen LogP contribution in [0.15, 0.2) is 12.4 Å². The van der Waals surface area contributed by atoms with Gasteiger partial charge in [0.1, 0.15) is 5.15 Å². The van der Waals surface area contributed by atoms with Crippen LogP contribution in [0.1, 0.15) is 34.7 Å². The highest BCUT2D eigenvalue weighted by molar-refractivity contribution is 6.29. The Morgan fingerprint density at radius 1 is 1.56 bits per heavy atom. The van der Waals surface area contributed by atoms with Gasteiger partial charge in [-0.05, 0) is 18.8 Å². The van der Waals surface area contributed by atoms with Crippen LogP contribution >= 0.6 is 11.6 Å². The third kappa shape index (κ3) is 1.36. The molecular formula is C10H8ClN3O2. The highest BCUT2D eigenvalue weighted by Gasteiger charge is 2.31. The van der Waals surface area contributed by atoms with Gasteiger partial charge in [-0.1, -0.05) is 11.6 Å². The first-order chi connectivity index (χ1) is 7.66. The topological polar surface area (TPSA) is 67.5 Å². The van der Waals surface area contributed by atoms with E-state index < -0.39 is 5.97 Å². The average molecular weight is 238 g/mol. The van der Waals surface area contributed by atoms with Gasteiger partial charge in [-0.3, -0.25) is 0 Å². The molecule has 0 amide bonds. The van der Waals surface area contributed by atoms with E-state index in [1.807, 2.05) is 0 Å². The Morgan fingerprint density at radius 2 is 2.31 bits per heavy atom. The summed E-state index contributed by atoms with van der Waals surface area (Å²) in [7, 11) is 0. The first kappa shape index (κ1) is 9.59. The van der Waals surface area contributed by atoms with Gasteiger partial charge < -0.3 is 5.11 Å². The molecule has 0 spiro atoms. The zero-order chi connectivity index (χ0) is 11.3. The van der Waals surface area contributed by atoms with Gasteiger partial charge in [0.15, 0.2) is 5.65 Å². The van der Waals surface area contributed by atoms with Gasteiger partial charge in [0.2, 0.25) is 0 Å². The Kier molecular flexibility index (Phi) is 1.91. The third-order valence-corrected chi connectivity index (χ3v) is 2.90. The molecule has 82 valence electrons. The average Bonchev–Trinajstić information content (AvgIpc) is 2.97. The van der Waals surface area contributed by atoms with Crippen LogP contribution < -0.4 is 0 Å². The van der Waals surface area contributed by atoms with Gasteiger partial charge in [-0.25, -0.2) is 14.3 Å². The fraction of sp³-hybridized carbons (Fsp3) is 0.300. The molecule has 2 heterocycles. The lowest BCUT2D eigenvalue weighted by Gasteiger charge is -2.04. The molecule has 0 aromatic carbocycles. The lowest BCUT2D eigenvalue weighted by Crippen LogP contribution is -2.06. The van der Waals surface area contributed by atoms with E-state index in [1.165, 1.54) is 10.7 Å². The molecule has 5 nitrogen and oxygen atoms in total. The molecule has 2 aromatic heterocycles. The van der Waals surface area contributed by atoms with Crippen LogP contribution in [-0.2, 0) is 0 Å². The maximum Gasteiger partial charge on any atom is 0.337 e. The van der Waals surface area contributed by atoms with E-state index in [1.54, 1.807) is 6.20 Å². The largest absolute Gasteiger partial charge is 0.478 e. The summed E-state index contributed by atoms with van der Waals surface area (Å²) in [4.78, 5) is 15.2. The maximum absolute atomic E-state index is 11.1. The summed E-state index contributed by atoms with van der Waals surface area (Å²) in [5.74, 6) is -0.675. The number of carboxylic acid groups (broad SMARTS) is 1. The van der Waals surface area contributed by atoms with Crippen molar-refractivity contribution in [2.75, 3.05) is 0 Å². The number of halogens is 1. The minimum Gasteiger partial charge on any atom is -0.478 e. The van der Waals surface area contributed by atoms with Gasteiger partial charge in [-0.2, -0.15) is 5.10 Å². The second-order valence-corrected chi connectivity index (χ2v) is 4.27. The van der Waals surface area contributed by atoms with E-state index in [9.17, 15) is 4.79 Å². The van der Waals surface area contributed by atoms with Crippen molar-refractivity contribution < 1.29 is 9.90 Å². The third-order valence-electron chi connectivity index (χ3n) is 2.72. The zero-order valence-corrected chi connectivity index (χ0v) is 8.98. The number of aromatic nitrogens is 3. The summed E-state index contributed by atoms with van der Waals surface area (Å²) >= 11 is 5.79. The first-order valence-corrected chi connectivity index (χ1v) is 5.31. The van der Waals surface area contributed by atoms with Gasteiger partial charge in [0, 0.05) is 5.56 Å². The van der Waals surface area contributed by atoms with Crippen molar-refractivity contribution >= 4 is 23.2 Å². The first-order valence-electron chi connectivity index (χ1n) is 4.94. The van der Waals surface area contributed by atoms with E-state index in [4.69, 9.17) is 16.7 Å². The Bertz CT molecular complexity index is 589.